The lowest BCUT2D eigenvalue weighted by Crippen LogP contribution is -2.39. The molecule has 1 unspecified atom stereocenters. The van der Waals surface area contributed by atoms with Crippen molar-refractivity contribution in [3.63, 3.8) is 0 Å². The maximum absolute atomic E-state index is 12.8. The van der Waals surface area contributed by atoms with Gasteiger partial charge in [-0.05, 0) is 23.8 Å². The number of hydrogen-bond acceptors (Lipinski definition) is 3. The van der Waals surface area contributed by atoms with Crippen molar-refractivity contribution in [3.8, 4) is 6.07 Å². The number of carbonyl (C=O) groups is 2. The highest BCUT2D eigenvalue weighted by molar-refractivity contribution is 5.90. The largest absolute Gasteiger partial charge is 0.354 e. The van der Waals surface area contributed by atoms with Gasteiger partial charge in [-0.15, -0.1) is 0 Å². The van der Waals surface area contributed by atoms with Crippen molar-refractivity contribution in [3.05, 3.63) is 65.7 Å². The van der Waals surface area contributed by atoms with Gasteiger partial charge in [0.05, 0.1) is 24.1 Å². The summed E-state index contributed by atoms with van der Waals surface area (Å²) in [5.41, 5.74) is 1.95. The summed E-state index contributed by atoms with van der Waals surface area (Å²) in [6, 6.07) is 17.7. The Morgan fingerprint density at radius 3 is 2.76 bits per heavy atom. The lowest BCUT2D eigenvalue weighted by Gasteiger charge is -2.29. The van der Waals surface area contributed by atoms with Crippen LogP contribution in [-0.2, 0) is 4.79 Å². The van der Waals surface area contributed by atoms with Gasteiger partial charge in [-0.1, -0.05) is 36.4 Å². The molecule has 2 aromatic rings. The molecule has 0 spiro atoms. The van der Waals surface area contributed by atoms with Crippen LogP contribution in [0.5, 0.6) is 0 Å². The molecule has 6 nitrogen and oxygen atoms in total. The molecule has 1 fully saturated rings. The van der Waals surface area contributed by atoms with Gasteiger partial charge in [-0.3, -0.25) is 4.79 Å². The molecule has 1 saturated heterocycles. The molecule has 1 aliphatic rings. The zero-order valence-electron chi connectivity index (χ0n) is 13.6. The van der Waals surface area contributed by atoms with E-state index in [-0.39, 0.29) is 24.4 Å². The summed E-state index contributed by atoms with van der Waals surface area (Å²) in [6.45, 7) is 0.822. The second kappa shape index (κ2) is 7.49. The van der Waals surface area contributed by atoms with E-state index in [0.717, 1.165) is 5.56 Å². The first-order valence-corrected chi connectivity index (χ1v) is 8.07. The molecule has 3 amide bonds. The molecule has 2 aromatic carbocycles. The number of benzene rings is 2. The minimum absolute atomic E-state index is 0.0735. The summed E-state index contributed by atoms with van der Waals surface area (Å²) in [6.07, 6.45) is 0.218. The summed E-state index contributed by atoms with van der Waals surface area (Å²) in [4.78, 5) is 26.4. The molecule has 3 rings (SSSR count). The molecule has 1 heterocycles. The molecule has 0 saturated carbocycles. The van der Waals surface area contributed by atoms with Crippen LogP contribution in [0.2, 0.25) is 0 Å². The van der Waals surface area contributed by atoms with E-state index in [9.17, 15) is 9.59 Å². The van der Waals surface area contributed by atoms with E-state index in [1.54, 1.807) is 29.2 Å². The van der Waals surface area contributed by atoms with Gasteiger partial charge in [0, 0.05) is 18.8 Å². The Kier molecular flexibility index (Phi) is 4.95. The van der Waals surface area contributed by atoms with Gasteiger partial charge < -0.3 is 15.5 Å². The van der Waals surface area contributed by atoms with Crippen molar-refractivity contribution in [2.75, 3.05) is 18.4 Å². The molecule has 0 radical (unpaired) electrons. The third-order valence-corrected chi connectivity index (χ3v) is 4.12. The van der Waals surface area contributed by atoms with Crippen LogP contribution in [0.25, 0.3) is 0 Å². The Labute approximate surface area is 146 Å². The van der Waals surface area contributed by atoms with E-state index in [2.05, 4.69) is 16.7 Å². The van der Waals surface area contributed by atoms with Crippen molar-refractivity contribution >= 4 is 17.6 Å². The smallest absolute Gasteiger partial charge is 0.322 e. The Balaban J connectivity index is 1.84. The van der Waals surface area contributed by atoms with Crippen LogP contribution in [-0.4, -0.2) is 29.9 Å². The molecule has 0 bridgehead atoms. The highest BCUT2D eigenvalue weighted by Crippen LogP contribution is 2.26. The number of urea groups is 1. The van der Waals surface area contributed by atoms with Crippen molar-refractivity contribution < 1.29 is 9.59 Å². The first-order valence-electron chi connectivity index (χ1n) is 8.07. The predicted molar refractivity (Wildman–Crippen MR) is 93.7 cm³/mol. The van der Waals surface area contributed by atoms with Crippen molar-refractivity contribution in [2.45, 2.75) is 12.5 Å². The Bertz CT molecular complexity index is 814. The summed E-state index contributed by atoms with van der Waals surface area (Å²) in [7, 11) is 0. The van der Waals surface area contributed by atoms with E-state index in [4.69, 9.17) is 5.26 Å². The molecular formula is C19H18N4O2. The van der Waals surface area contributed by atoms with Crippen molar-refractivity contribution in [2.24, 2.45) is 0 Å². The molecule has 1 aliphatic heterocycles. The quantitative estimate of drug-likeness (QED) is 0.885. The zero-order chi connectivity index (χ0) is 17.6. The van der Waals surface area contributed by atoms with Crippen LogP contribution in [0.4, 0.5) is 10.5 Å². The first kappa shape index (κ1) is 16.5. The average molecular weight is 334 g/mol. The second-order valence-electron chi connectivity index (χ2n) is 5.80. The maximum atomic E-state index is 12.8. The van der Waals surface area contributed by atoms with Gasteiger partial charge in [0.2, 0.25) is 5.91 Å². The summed E-state index contributed by atoms with van der Waals surface area (Å²) in [5, 5.41) is 14.6. The van der Waals surface area contributed by atoms with Crippen LogP contribution in [0.3, 0.4) is 0 Å². The fourth-order valence-corrected chi connectivity index (χ4v) is 2.91. The van der Waals surface area contributed by atoms with Crippen LogP contribution < -0.4 is 10.6 Å². The minimum Gasteiger partial charge on any atom is -0.354 e. The van der Waals surface area contributed by atoms with Crippen molar-refractivity contribution in [1.82, 2.24) is 10.2 Å². The molecule has 0 aromatic heterocycles. The van der Waals surface area contributed by atoms with Gasteiger partial charge in [0.1, 0.15) is 0 Å². The third-order valence-electron chi connectivity index (χ3n) is 4.12. The summed E-state index contributed by atoms with van der Waals surface area (Å²) >= 11 is 0. The molecule has 0 aliphatic carbocycles. The van der Waals surface area contributed by atoms with Crippen LogP contribution >= 0.6 is 0 Å². The van der Waals surface area contributed by atoms with E-state index in [1.807, 2.05) is 30.3 Å². The maximum Gasteiger partial charge on any atom is 0.322 e. The van der Waals surface area contributed by atoms with Gasteiger partial charge in [0.15, 0.2) is 0 Å². The highest BCUT2D eigenvalue weighted by Gasteiger charge is 2.29. The first-order chi connectivity index (χ1) is 12.2. The van der Waals surface area contributed by atoms with E-state index in [0.29, 0.717) is 24.3 Å². The molecule has 6 heteroatoms. The normalized spacial score (nSPS) is 17.2. The fraction of sp³-hybridized carbons (Fsp3) is 0.211. The summed E-state index contributed by atoms with van der Waals surface area (Å²) in [5.74, 6) is -0.0735. The number of hydrogen-bond donors (Lipinski definition) is 2. The number of anilines is 1. The molecule has 2 N–H and O–H groups in total. The Morgan fingerprint density at radius 2 is 2.00 bits per heavy atom. The monoisotopic (exact) mass is 334 g/mol. The standard InChI is InChI=1S/C19H18N4O2/c20-13-14-5-4-8-16(11-14)22-19(25)23-10-9-21-18(24)12-17(23)15-6-2-1-3-7-15/h1-8,11,17H,9-10,12H2,(H,21,24)(H,22,25). The van der Waals surface area contributed by atoms with Crippen LogP contribution in [0.15, 0.2) is 54.6 Å². The summed E-state index contributed by atoms with van der Waals surface area (Å²) < 4.78 is 0. The highest BCUT2D eigenvalue weighted by atomic mass is 16.2. The third kappa shape index (κ3) is 3.96. The van der Waals surface area contributed by atoms with Gasteiger partial charge in [-0.2, -0.15) is 5.26 Å². The van der Waals surface area contributed by atoms with Crippen molar-refractivity contribution in [1.29, 1.82) is 5.26 Å². The van der Waals surface area contributed by atoms with E-state index >= 15 is 0 Å². The fourth-order valence-electron chi connectivity index (χ4n) is 2.91. The SMILES string of the molecule is N#Cc1cccc(NC(=O)N2CCNC(=O)CC2c2ccccc2)c1. The molecule has 126 valence electrons. The van der Waals surface area contributed by atoms with Gasteiger partial charge >= 0.3 is 6.03 Å². The number of nitrogens with one attached hydrogen (secondary N) is 2. The molecule has 1 atom stereocenters. The number of nitrogens with zero attached hydrogens (tertiary/aromatic N) is 2. The average Bonchev–Trinajstić information content (AvgIpc) is 2.84. The minimum atomic E-state index is -0.331. The number of carbonyl (C=O) groups excluding carboxylic acids is 2. The van der Waals surface area contributed by atoms with Crippen LogP contribution in [0.1, 0.15) is 23.6 Å². The van der Waals surface area contributed by atoms with Gasteiger partial charge in [-0.25, -0.2) is 4.79 Å². The van der Waals surface area contributed by atoms with Gasteiger partial charge in [0.25, 0.3) is 0 Å². The Morgan fingerprint density at radius 1 is 1.20 bits per heavy atom. The number of nitriles is 1. The number of rotatable bonds is 2. The lowest BCUT2D eigenvalue weighted by atomic mass is 10.0. The van der Waals surface area contributed by atoms with Crippen LogP contribution in [0, 0.1) is 11.3 Å². The van der Waals surface area contributed by atoms with E-state index < -0.39 is 0 Å². The second-order valence-corrected chi connectivity index (χ2v) is 5.80. The zero-order valence-corrected chi connectivity index (χ0v) is 13.6. The lowest BCUT2D eigenvalue weighted by molar-refractivity contribution is -0.121. The predicted octanol–water partition coefficient (Wildman–Crippen LogP) is 2.65. The molecule has 25 heavy (non-hydrogen) atoms. The van der Waals surface area contributed by atoms with E-state index in [1.165, 1.54) is 0 Å². The number of amides is 3. The Hall–Kier alpha value is -3.33. The topological polar surface area (TPSA) is 85.2 Å². The molecular weight excluding hydrogens is 316 g/mol.